The molecule has 3 aromatic rings. The van der Waals surface area contributed by atoms with Gasteiger partial charge in [0.25, 0.3) is 5.52 Å². The summed E-state index contributed by atoms with van der Waals surface area (Å²) in [4.78, 5) is 13.2. The van der Waals surface area contributed by atoms with Gasteiger partial charge in [-0.3, -0.25) is 4.79 Å². The zero-order valence-corrected chi connectivity index (χ0v) is 17.4. The second-order valence-electron chi connectivity index (χ2n) is 7.44. The molecule has 2 heterocycles. The SMILES string of the molecule is CCN1C(=C=CCc2oc3ccc(C)cc3[n+]2CCC(=O)O)Oc2ccc(C)cc21. The molecule has 0 radical (unpaired) electrons. The fourth-order valence-corrected chi connectivity index (χ4v) is 3.69. The first-order valence-electron chi connectivity index (χ1n) is 10.1. The molecule has 1 aliphatic heterocycles. The van der Waals surface area contributed by atoms with E-state index in [2.05, 4.69) is 30.5 Å². The first-order chi connectivity index (χ1) is 14.5. The van der Waals surface area contributed by atoms with E-state index in [1.807, 2.05) is 47.9 Å². The number of carboxylic acids is 1. The van der Waals surface area contributed by atoms with Crippen molar-refractivity contribution in [3.05, 3.63) is 71.1 Å². The van der Waals surface area contributed by atoms with E-state index in [1.54, 1.807) is 0 Å². The predicted octanol–water partition coefficient (Wildman–Crippen LogP) is 4.27. The number of ether oxygens (including phenoxy) is 1. The Bertz CT molecular complexity index is 1190. The van der Waals surface area contributed by atoms with Crippen molar-refractivity contribution in [1.29, 1.82) is 0 Å². The minimum Gasteiger partial charge on any atom is -0.481 e. The number of carbonyl (C=O) groups is 1. The van der Waals surface area contributed by atoms with E-state index in [-0.39, 0.29) is 6.42 Å². The fraction of sp³-hybridized carbons (Fsp3) is 0.292. The molecule has 1 aliphatic rings. The van der Waals surface area contributed by atoms with Crippen LogP contribution in [0.25, 0.3) is 11.1 Å². The normalized spacial score (nSPS) is 12.6. The molecule has 1 aromatic heterocycles. The summed E-state index contributed by atoms with van der Waals surface area (Å²) in [6.45, 7) is 7.27. The van der Waals surface area contributed by atoms with Crippen molar-refractivity contribution in [2.75, 3.05) is 11.4 Å². The lowest BCUT2D eigenvalue weighted by atomic mass is 10.2. The quantitative estimate of drug-likeness (QED) is 0.490. The lowest BCUT2D eigenvalue weighted by Gasteiger charge is -2.13. The molecular formula is C24H25N2O4+. The molecule has 0 saturated heterocycles. The highest BCUT2D eigenvalue weighted by molar-refractivity contribution is 5.70. The van der Waals surface area contributed by atoms with Crippen LogP contribution in [0.5, 0.6) is 5.75 Å². The Hall–Kier alpha value is -3.50. The number of hydrogen-bond donors (Lipinski definition) is 1. The molecule has 2 aromatic carbocycles. The van der Waals surface area contributed by atoms with Gasteiger partial charge in [-0.1, -0.05) is 17.9 Å². The number of allylic oxidation sites excluding steroid dienone is 1. The van der Waals surface area contributed by atoms with Crippen LogP contribution in [0.15, 0.2) is 58.5 Å². The lowest BCUT2D eigenvalue weighted by molar-refractivity contribution is -0.682. The van der Waals surface area contributed by atoms with E-state index in [4.69, 9.17) is 14.3 Å². The van der Waals surface area contributed by atoms with Crippen LogP contribution in [0.1, 0.15) is 30.4 Å². The van der Waals surface area contributed by atoms with Crippen molar-refractivity contribution in [3.8, 4) is 5.75 Å². The van der Waals surface area contributed by atoms with Gasteiger partial charge in [0.1, 0.15) is 6.42 Å². The number of oxazole rings is 1. The largest absolute Gasteiger partial charge is 0.481 e. The van der Waals surface area contributed by atoms with E-state index in [0.717, 1.165) is 34.6 Å². The van der Waals surface area contributed by atoms with E-state index in [9.17, 15) is 4.79 Å². The number of carboxylic acid groups (broad SMARTS) is 1. The Balaban J connectivity index is 1.65. The van der Waals surface area contributed by atoms with Gasteiger partial charge in [0.2, 0.25) is 11.5 Å². The van der Waals surface area contributed by atoms with Crippen LogP contribution < -0.4 is 14.2 Å². The number of aliphatic carboxylic acids is 1. The number of aryl methyl sites for hydroxylation is 3. The number of hydrogen-bond acceptors (Lipinski definition) is 4. The van der Waals surface area contributed by atoms with Gasteiger partial charge < -0.3 is 19.2 Å². The smallest absolute Gasteiger partial charge is 0.352 e. The van der Waals surface area contributed by atoms with Crippen LogP contribution in [0.3, 0.4) is 0 Å². The van der Waals surface area contributed by atoms with Gasteiger partial charge in [0.05, 0.1) is 12.1 Å². The van der Waals surface area contributed by atoms with Gasteiger partial charge in [-0.15, -0.1) is 0 Å². The Morgan fingerprint density at radius 2 is 1.97 bits per heavy atom. The third-order valence-corrected chi connectivity index (χ3v) is 5.16. The molecule has 0 amide bonds. The van der Waals surface area contributed by atoms with Crippen molar-refractivity contribution in [2.24, 2.45) is 0 Å². The number of anilines is 1. The summed E-state index contributed by atoms with van der Waals surface area (Å²) >= 11 is 0. The predicted molar refractivity (Wildman–Crippen MR) is 114 cm³/mol. The van der Waals surface area contributed by atoms with Gasteiger partial charge in [-0.05, 0) is 56.2 Å². The Kier molecular flexibility index (Phi) is 5.34. The highest BCUT2D eigenvalue weighted by Gasteiger charge is 2.25. The molecule has 0 atom stereocenters. The average molecular weight is 405 g/mol. The number of nitrogens with zero attached hydrogens (tertiary/aromatic N) is 2. The minimum absolute atomic E-state index is 0.0342. The standard InChI is InChI=1S/C24H24N2O4/c1-4-25-18-14-16(2)8-10-20(18)29-22(25)6-5-7-23-26(13-12-24(27)28)19-15-17(3)9-11-21(19)30-23/h5,8-11,14-15H,4,7,12-13H2,1-3H3/p+1. The van der Waals surface area contributed by atoms with E-state index in [0.29, 0.717) is 24.7 Å². The topological polar surface area (TPSA) is 66.8 Å². The molecule has 0 spiro atoms. The molecular weight excluding hydrogens is 380 g/mol. The van der Waals surface area contributed by atoms with Crippen LogP contribution in [-0.2, 0) is 17.8 Å². The minimum atomic E-state index is -0.834. The molecule has 0 aliphatic carbocycles. The summed E-state index contributed by atoms with van der Waals surface area (Å²) in [6.07, 6.45) is 2.39. The van der Waals surface area contributed by atoms with Crippen LogP contribution in [0.4, 0.5) is 5.69 Å². The highest BCUT2D eigenvalue weighted by atomic mass is 16.5. The summed E-state index contributed by atoms with van der Waals surface area (Å²) in [5, 5.41) is 9.12. The van der Waals surface area contributed by atoms with Gasteiger partial charge in [0.15, 0.2) is 12.3 Å². The van der Waals surface area contributed by atoms with E-state index in [1.165, 1.54) is 5.56 Å². The molecule has 0 bridgehead atoms. The molecule has 6 nitrogen and oxygen atoms in total. The summed E-state index contributed by atoms with van der Waals surface area (Å²) in [5.74, 6) is 1.34. The van der Waals surface area contributed by atoms with Crippen LogP contribution in [-0.4, -0.2) is 17.6 Å². The van der Waals surface area contributed by atoms with Crippen molar-refractivity contribution in [2.45, 2.75) is 40.2 Å². The lowest BCUT2D eigenvalue weighted by Crippen LogP contribution is -2.37. The van der Waals surface area contributed by atoms with E-state index < -0.39 is 5.97 Å². The first-order valence-corrected chi connectivity index (χ1v) is 10.1. The molecule has 4 rings (SSSR count). The second kappa shape index (κ2) is 8.09. The molecule has 154 valence electrons. The Labute approximate surface area is 175 Å². The number of fused-ring (bicyclic) bond motifs is 2. The average Bonchev–Trinajstić information content (AvgIpc) is 3.22. The van der Waals surface area contributed by atoms with Crippen molar-refractivity contribution >= 4 is 22.8 Å². The third-order valence-electron chi connectivity index (χ3n) is 5.16. The first kappa shape index (κ1) is 19.8. The number of rotatable bonds is 6. The van der Waals surface area contributed by atoms with Crippen molar-refractivity contribution in [1.82, 2.24) is 0 Å². The number of aromatic nitrogens is 1. The molecule has 0 unspecified atom stereocenters. The second-order valence-corrected chi connectivity index (χ2v) is 7.44. The third kappa shape index (κ3) is 3.82. The van der Waals surface area contributed by atoms with Gasteiger partial charge in [-0.25, -0.2) is 0 Å². The van der Waals surface area contributed by atoms with Crippen LogP contribution >= 0.6 is 0 Å². The van der Waals surface area contributed by atoms with Crippen LogP contribution in [0, 0.1) is 13.8 Å². The summed E-state index contributed by atoms with van der Waals surface area (Å²) in [7, 11) is 0. The molecule has 1 N–H and O–H groups in total. The van der Waals surface area contributed by atoms with Crippen LogP contribution in [0.2, 0.25) is 0 Å². The van der Waals surface area contributed by atoms with Crippen molar-refractivity contribution < 1.29 is 23.6 Å². The molecule has 0 saturated carbocycles. The molecule has 6 heteroatoms. The van der Waals surface area contributed by atoms with Gasteiger partial charge in [0, 0.05) is 12.6 Å². The zero-order chi connectivity index (χ0) is 21.3. The Morgan fingerprint density at radius 3 is 2.73 bits per heavy atom. The Morgan fingerprint density at radius 1 is 1.20 bits per heavy atom. The summed E-state index contributed by atoms with van der Waals surface area (Å²) < 4.78 is 13.9. The number of benzene rings is 2. The molecule has 0 fully saturated rings. The maximum absolute atomic E-state index is 11.1. The van der Waals surface area contributed by atoms with Gasteiger partial charge in [-0.2, -0.15) is 4.57 Å². The van der Waals surface area contributed by atoms with Crippen molar-refractivity contribution in [3.63, 3.8) is 0 Å². The zero-order valence-electron chi connectivity index (χ0n) is 17.4. The summed E-state index contributed by atoms with van der Waals surface area (Å²) in [5.41, 5.74) is 8.23. The molecule has 30 heavy (non-hydrogen) atoms. The maximum atomic E-state index is 11.1. The van der Waals surface area contributed by atoms with Gasteiger partial charge >= 0.3 is 11.9 Å². The highest BCUT2D eigenvalue weighted by Crippen LogP contribution is 2.38. The fourth-order valence-electron chi connectivity index (χ4n) is 3.69. The van der Waals surface area contributed by atoms with E-state index >= 15 is 0 Å². The summed E-state index contributed by atoms with van der Waals surface area (Å²) in [6, 6.07) is 12.0. The maximum Gasteiger partial charge on any atom is 0.352 e. The monoisotopic (exact) mass is 405 g/mol.